The molecule has 172 valence electrons. The number of benzene rings is 3. The number of nitro groups is 1. The van der Waals surface area contributed by atoms with E-state index in [4.69, 9.17) is 21.1 Å². The van der Waals surface area contributed by atoms with Gasteiger partial charge in [0, 0.05) is 22.2 Å². The van der Waals surface area contributed by atoms with Gasteiger partial charge in [0.25, 0.3) is 5.69 Å². The van der Waals surface area contributed by atoms with E-state index in [1.54, 1.807) is 43.3 Å². The molecule has 0 bridgehead atoms. The van der Waals surface area contributed by atoms with Crippen LogP contribution < -0.4 is 4.74 Å². The van der Waals surface area contributed by atoms with Gasteiger partial charge in [-0.3, -0.25) is 10.1 Å². The van der Waals surface area contributed by atoms with E-state index >= 15 is 0 Å². The summed E-state index contributed by atoms with van der Waals surface area (Å²) in [5.41, 5.74) is 2.39. The number of carbonyl (C=O) groups is 1. The highest BCUT2D eigenvalue weighted by molar-refractivity contribution is 9.11. The lowest BCUT2D eigenvalue weighted by molar-refractivity contribution is -0.385. The molecule has 0 saturated heterocycles. The number of esters is 1. The summed E-state index contributed by atoms with van der Waals surface area (Å²) in [6, 6.07) is 15.5. The molecule has 4 rings (SSSR count). The minimum atomic E-state index is -0.642. The van der Waals surface area contributed by atoms with Gasteiger partial charge in [-0.1, -0.05) is 29.8 Å². The monoisotopic (exact) mass is 604 g/mol. The minimum absolute atomic E-state index is 0.0264. The van der Waals surface area contributed by atoms with E-state index in [9.17, 15) is 14.9 Å². The van der Waals surface area contributed by atoms with Gasteiger partial charge >= 0.3 is 5.97 Å². The summed E-state index contributed by atoms with van der Waals surface area (Å²) in [6.07, 6.45) is 1.57. The van der Waals surface area contributed by atoms with Crippen LogP contribution in [0.5, 0.6) is 5.75 Å². The third-order valence-corrected chi connectivity index (χ3v) is 6.40. The van der Waals surface area contributed by atoms with E-state index in [2.05, 4.69) is 36.9 Å². The molecule has 3 aromatic carbocycles. The van der Waals surface area contributed by atoms with Crippen molar-refractivity contribution in [3.05, 3.63) is 107 Å². The lowest BCUT2D eigenvalue weighted by Gasteiger charge is -2.11. The molecule has 3 aromatic rings. The second kappa shape index (κ2) is 10.1. The van der Waals surface area contributed by atoms with Gasteiger partial charge in [-0.25, -0.2) is 9.79 Å². The molecule has 0 saturated carbocycles. The Kier molecular flexibility index (Phi) is 7.16. The number of ether oxygens (including phenoxy) is 2. The van der Waals surface area contributed by atoms with E-state index in [0.717, 1.165) is 5.56 Å². The summed E-state index contributed by atoms with van der Waals surface area (Å²) in [5.74, 6) is -0.0165. The Morgan fingerprint density at radius 1 is 1.15 bits per heavy atom. The summed E-state index contributed by atoms with van der Waals surface area (Å²) in [4.78, 5) is 27.4. The van der Waals surface area contributed by atoms with Gasteiger partial charge in [-0.2, -0.15) is 0 Å². The molecule has 0 aromatic heterocycles. The van der Waals surface area contributed by atoms with Crippen molar-refractivity contribution in [2.24, 2.45) is 4.99 Å². The first-order valence-electron chi connectivity index (χ1n) is 9.86. The van der Waals surface area contributed by atoms with Crippen molar-refractivity contribution in [2.45, 2.75) is 13.5 Å². The van der Waals surface area contributed by atoms with Crippen molar-refractivity contribution >= 4 is 67.1 Å². The van der Waals surface area contributed by atoms with Crippen molar-refractivity contribution in [3.63, 3.8) is 0 Å². The maximum Gasteiger partial charge on any atom is 0.363 e. The van der Waals surface area contributed by atoms with E-state index in [-0.39, 0.29) is 17.3 Å². The van der Waals surface area contributed by atoms with E-state index in [1.165, 1.54) is 12.1 Å². The molecule has 0 unspecified atom stereocenters. The van der Waals surface area contributed by atoms with Gasteiger partial charge in [0.15, 0.2) is 5.70 Å². The molecule has 1 aliphatic heterocycles. The van der Waals surface area contributed by atoms with Crippen LogP contribution in [0, 0.1) is 17.0 Å². The summed E-state index contributed by atoms with van der Waals surface area (Å²) in [5, 5.41) is 11.9. The highest BCUT2D eigenvalue weighted by Gasteiger charge is 2.27. The topological polar surface area (TPSA) is 91.0 Å². The molecule has 7 nitrogen and oxygen atoms in total. The van der Waals surface area contributed by atoms with Gasteiger partial charge in [0.2, 0.25) is 5.90 Å². The molecule has 34 heavy (non-hydrogen) atoms. The molecular formula is C24H15Br2ClN2O5. The fraction of sp³-hybridized carbons (Fsp3) is 0.0833. The van der Waals surface area contributed by atoms with Crippen molar-refractivity contribution < 1.29 is 19.2 Å². The Hall–Kier alpha value is -3.01. The Morgan fingerprint density at radius 2 is 1.82 bits per heavy atom. The predicted molar refractivity (Wildman–Crippen MR) is 136 cm³/mol. The molecule has 1 aliphatic rings. The number of nitro benzene ring substituents is 1. The van der Waals surface area contributed by atoms with Crippen molar-refractivity contribution in [1.29, 1.82) is 0 Å². The third-order valence-electron chi connectivity index (χ3n) is 4.97. The Bertz CT molecular complexity index is 1350. The molecule has 0 fully saturated rings. The standard InChI is InChI=1S/C24H15Br2ClN2O5/c1-13-17(3-2-4-21(13)29(31)32)23-28-20(24(30)34-23)11-15-9-18(25)22(19(26)10-15)33-12-14-5-7-16(27)8-6-14/h2-11H,12H2,1H3/b20-11-. The SMILES string of the molecule is Cc1c(C2=N/C(=C\c3cc(Br)c(OCc4ccc(Cl)cc4)c(Br)c3)C(=O)O2)cccc1[N+](=O)[O-]. The van der Waals surface area contributed by atoms with Crippen LogP contribution in [0.25, 0.3) is 6.08 Å². The number of halogens is 3. The molecule has 0 amide bonds. The average Bonchev–Trinajstić information content (AvgIpc) is 3.14. The van der Waals surface area contributed by atoms with Crippen LogP contribution in [0.15, 0.2) is 74.2 Å². The third kappa shape index (κ3) is 5.22. The van der Waals surface area contributed by atoms with Crippen molar-refractivity contribution in [2.75, 3.05) is 0 Å². The highest BCUT2D eigenvalue weighted by atomic mass is 79.9. The van der Waals surface area contributed by atoms with Crippen LogP contribution in [-0.2, 0) is 16.1 Å². The molecule has 0 radical (unpaired) electrons. The summed E-state index contributed by atoms with van der Waals surface area (Å²) >= 11 is 12.9. The van der Waals surface area contributed by atoms with Crippen molar-refractivity contribution in [3.8, 4) is 5.75 Å². The molecule has 0 atom stereocenters. The number of hydrogen-bond donors (Lipinski definition) is 0. The normalized spacial score (nSPS) is 14.2. The maximum atomic E-state index is 12.4. The second-order valence-electron chi connectivity index (χ2n) is 7.27. The quantitative estimate of drug-likeness (QED) is 0.130. The highest BCUT2D eigenvalue weighted by Crippen LogP contribution is 2.36. The maximum absolute atomic E-state index is 12.4. The smallest absolute Gasteiger partial charge is 0.363 e. The van der Waals surface area contributed by atoms with Crippen LogP contribution in [0.1, 0.15) is 22.3 Å². The number of nitrogens with zero attached hydrogens (tertiary/aromatic N) is 2. The first kappa shape index (κ1) is 24.1. The lowest BCUT2D eigenvalue weighted by atomic mass is 10.1. The zero-order valence-electron chi connectivity index (χ0n) is 17.6. The molecule has 0 N–H and O–H groups in total. The number of rotatable bonds is 6. The van der Waals surface area contributed by atoms with Crippen LogP contribution in [0.3, 0.4) is 0 Å². The summed E-state index contributed by atoms with van der Waals surface area (Å²) in [6.45, 7) is 1.93. The van der Waals surface area contributed by atoms with Gasteiger partial charge in [0.1, 0.15) is 12.4 Å². The fourth-order valence-electron chi connectivity index (χ4n) is 3.27. The Balaban J connectivity index is 1.58. The number of hydrogen-bond acceptors (Lipinski definition) is 6. The molecular weight excluding hydrogens is 592 g/mol. The van der Waals surface area contributed by atoms with Gasteiger partial charge in [-0.05, 0) is 86.3 Å². The minimum Gasteiger partial charge on any atom is -0.487 e. The molecule has 0 spiro atoms. The second-order valence-corrected chi connectivity index (χ2v) is 9.42. The number of cyclic esters (lactones) is 1. The van der Waals surface area contributed by atoms with Crippen LogP contribution >= 0.6 is 43.5 Å². The predicted octanol–water partition coefficient (Wildman–Crippen LogP) is 7.01. The van der Waals surface area contributed by atoms with Crippen LogP contribution in [0.4, 0.5) is 5.69 Å². The average molecular weight is 607 g/mol. The fourth-order valence-corrected chi connectivity index (χ4v) is 4.85. The first-order valence-corrected chi connectivity index (χ1v) is 11.8. The molecule has 1 heterocycles. The number of aliphatic imine (C=N–C) groups is 1. The van der Waals surface area contributed by atoms with Gasteiger partial charge < -0.3 is 9.47 Å². The number of carbonyl (C=O) groups excluding carboxylic acids is 1. The van der Waals surface area contributed by atoms with Crippen LogP contribution in [0.2, 0.25) is 5.02 Å². The van der Waals surface area contributed by atoms with E-state index < -0.39 is 10.9 Å². The zero-order chi connectivity index (χ0) is 24.4. The van der Waals surface area contributed by atoms with E-state index in [0.29, 0.717) is 43.0 Å². The summed E-state index contributed by atoms with van der Waals surface area (Å²) in [7, 11) is 0. The first-order chi connectivity index (χ1) is 16.2. The van der Waals surface area contributed by atoms with E-state index in [1.807, 2.05) is 12.1 Å². The van der Waals surface area contributed by atoms with Gasteiger partial charge in [-0.15, -0.1) is 0 Å². The largest absolute Gasteiger partial charge is 0.487 e. The Morgan fingerprint density at radius 3 is 2.47 bits per heavy atom. The van der Waals surface area contributed by atoms with Gasteiger partial charge in [0.05, 0.1) is 13.9 Å². The van der Waals surface area contributed by atoms with Crippen LogP contribution in [-0.4, -0.2) is 16.8 Å². The molecule has 0 aliphatic carbocycles. The van der Waals surface area contributed by atoms with Crippen molar-refractivity contribution in [1.82, 2.24) is 0 Å². The zero-order valence-corrected chi connectivity index (χ0v) is 21.5. The molecule has 10 heteroatoms. The lowest BCUT2D eigenvalue weighted by Crippen LogP contribution is -2.08. The summed E-state index contributed by atoms with van der Waals surface area (Å²) < 4.78 is 12.6. The Labute approximate surface area is 216 Å².